The van der Waals surface area contributed by atoms with Gasteiger partial charge in [-0.15, -0.1) is 0 Å². The summed E-state index contributed by atoms with van der Waals surface area (Å²) in [5, 5.41) is 4.45. The monoisotopic (exact) mass is 231 g/mol. The van der Waals surface area contributed by atoms with Crippen molar-refractivity contribution in [1.82, 2.24) is 9.72 Å². The van der Waals surface area contributed by atoms with Crippen LogP contribution in [0.3, 0.4) is 0 Å². The Balaban J connectivity index is 2.27. The van der Waals surface area contributed by atoms with E-state index in [0.717, 1.165) is 16.6 Å². The van der Waals surface area contributed by atoms with E-state index in [4.69, 9.17) is 10.3 Å². The van der Waals surface area contributed by atoms with E-state index in [1.807, 2.05) is 17.7 Å². The van der Waals surface area contributed by atoms with Gasteiger partial charge in [-0.2, -0.15) is 0 Å². The van der Waals surface area contributed by atoms with Crippen LogP contribution in [0.2, 0.25) is 0 Å². The SMILES string of the molecule is Cn1c(-c2cc(N)no2)cc2cc(F)ccc21. The first kappa shape index (κ1) is 9.89. The van der Waals surface area contributed by atoms with Crippen LogP contribution in [-0.2, 0) is 7.05 Å². The van der Waals surface area contributed by atoms with Gasteiger partial charge in [0.15, 0.2) is 11.6 Å². The first-order valence-electron chi connectivity index (χ1n) is 5.13. The molecule has 0 unspecified atom stereocenters. The first-order chi connectivity index (χ1) is 8.15. The zero-order valence-electron chi connectivity index (χ0n) is 9.14. The second kappa shape index (κ2) is 3.35. The molecule has 17 heavy (non-hydrogen) atoms. The molecular formula is C12H10FN3O. The van der Waals surface area contributed by atoms with Crippen molar-refractivity contribution < 1.29 is 8.91 Å². The molecule has 0 radical (unpaired) electrons. The third kappa shape index (κ3) is 1.47. The van der Waals surface area contributed by atoms with Crippen molar-refractivity contribution in [2.24, 2.45) is 7.05 Å². The van der Waals surface area contributed by atoms with Gasteiger partial charge in [0.05, 0.1) is 5.69 Å². The summed E-state index contributed by atoms with van der Waals surface area (Å²) in [6.45, 7) is 0. The normalized spacial score (nSPS) is 11.2. The van der Waals surface area contributed by atoms with Gasteiger partial charge in [0.25, 0.3) is 0 Å². The quantitative estimate of drug-likeness (QED) is 0.700. The number of halogens is 1. The summed E-state index contributed by atoms with van der Waals surface area (Å²) in [4.78, 5) is 0. The minimum atomic E-state index is -0.258. The third-order valence-electron chi connectivity index (χ3n) is 2.79. The summed E-state index contributed by atoms with van der Waals surface area (Å²) >= 11 is 0. The van der Waals surface area contributed by atoms with Gasteiger partial charge in [0.2, 0.25) is 0 Å². The van der Waals surface area contributed by atoms with Crippen molar-refractivity contribution in [3.63, 3.8) is 0 Å². The molecular weight excluding hydrogens is 221 g/mol. The summed E-state index contributed by atoms with van der Waals surface area (Å²) < 4.78 is 20.1. The molecule has 86 valence electrons. The van der Waals surface area contributed by atoms with E-state index < -0.39 is 0 Å². The van der Waals surface area contributed by atoms with Gasteiger partial charge in [0.1, 0.15) is 5.82 Å². The molecule has 3 aromatic rings. The average Bonchev–Trinajstić information content (AvgIpc) is 2.83. The molecule has 3 rings (SSSR count). The second-order valence-corrected chi connectivity index (χ2v) is 3.91. The van der Waals surface area contributed by atoms with Crippen LogP contribution in [0.1, 0.15) is 0 Å². The molecule has 0 aliphatic heterocycles. The van der Waals surface area contributed by atoms with Crippen molar-refractivity contribution >= 4 is 16.7 Å². The molecule has 0 aliphatic carbocycles. The van der Waals surface area contributed by atoms with Crippen molar-refractivity contribution in [3.8, 4) is 11.5 Å². The number of fused-ring (bicyclic) bond motifs is 1. The number of nitrogen functional groups attached to an aromatic ring is 1. The molecule has 1 aromatic carbocycles. The topological polar surface area (TPSA) is 57.0 Å². The van der Waals surface area contributed by atoms with Crippen LogP contribution < -0.4 is 5.73 Å². The Kier molecular flexibility index (Phi) is 1.95. The van der Waals surface area contributed by atoms with Crippen molar-refractivity contribution in [1.29, 1.82) is 0 Å². The van der Waals surface area contributed by atoms with E-state index in [0.29, 0.717) is 11.6 Å². The minimum absolute atomic E-state index is 0.258. The Labute approximate surface area is 96.4 Å². The summed E-state index contributed by atoms with van der Waals surface area (Å²) in [6, 6.07) is 8.14. The molecule has 4 nitrogen and oxygen atoms in total. The number of benzene rings is 1. The largest absolute Gasteiger partial charge is 0.381 e. The summed E-state index contributed by atoms with van der Waals surface area (Å²) in [7, 11) is 1.88. The number of nitrogens with two attached hydrogens (primary N) is 1. The molecule has 0 saturated heterocycles. The van der Waals surface area contributed by atoms with Gasteiger partial charge < -0.3 is 14.8 Å². The zero-order valence-corrected chi connectivity index (χ0v) is 9.14. The number of hydrogen-bond acceptors (Lipinski definition) is 3. The minimum Gasteiger partial charge on any atom is -0.381 e. The Bertz CT molecular complexity index is 699. The number of hydrogen-bond donors (Lipinski definition) is 1. The number of anilines is 1. The van der Waals surface area contributed by atoms with Crippen LogP contribution in [0.4, 0.5) is 10.2 Å². The molecule has 5 heteroatoms. The number of aryl methyl sites for hydroxylation is 1. The maximum absolute atomic E-state index is 13.1. The van der Waals surface area contributed by atoms with Gasteiger partial charge in [-0.1, -0.05) is 5.16 Å². The fraction of sp³-hybridized carbons (Fsp3) is 0.0833. The maximum Gasteiger partial charge on any atom is 0.185 e. The Hall–Kier alpha value is -2.30. The lowest BCUT2D eigenvalue weighted by molar-refractivity contribution is 0.433. The van der Waals surface area contributed by atoms with E-state index in [-0.39, 0.29) is 5.82 Å². The Morgan fingerprint density at radius 1 is 1.29 bits per heavy atom. The molecule has 0 aliphatic rings. The third-order valence-corrected chi connectivity index (χ3v) is 2.79. The predicted octanol–water partition coefficient (Wildman–Crippen LogP) is 2.55. The van der Waals surface area contributed by atoms with Gasteiger partial charge >= 0.3 is 0 Å². The lowest BCUT2D eigenvalue weighted by atomic mass is 10.2. The fourth-order valence-corrected chi connectivity index (χ4v) is 1.97. The van der Waals surface area contributed by atoms with E-state index >= 15 is 0 Å². The zero-order chi connectivity index (χ0) is 12.0. The second-order valence-electron chi connectivity index (χ2n) is 3.91. The summed E-state index contributed by atoms with van der Waals surface area (Å²) in [6.07, 6.45) is 0. The molecule has 0 amide bonds. The van der Waals surface area contributed by atoms with Crippen molar-refractivity contribution in [3.05, 3.63) is 36.1 Å². The molecule has 0 atom stereocenters. The highest BCUT2D eigenvalue weighted by Gasteiger charge is 2.12. The predicted molar refractivity (Wildman–Crippen MR) is 62.8 cm³/mol. The standard InChI is InChI=1S/C12H10FN3O/c1-16-9-3-2-8(13)4-7(9)5-10(16)11-6-12(14)15-17-11/h2-6H,1H3,(H2,14,15). The van der Waals surface area contributed by atoms with Crippen LogP contribution in [0.15, 0.2) is 34.9 Å². The molecule has 0 bridgehead atoms. The molecule has 2 N–H and O–H groups in total. The molecule has 2 aromatic heterocycles. The summed E-state index contributed by atoms with van der Waals surface area (Å²) in [5.41, 5.74) is 7.25. The lowest BCUT2D eigenvalue weighted by Crippen LogP contribution is -1.89. The molecule has 0 spiro atoms. The molecule has 2 heterocycles. The highest BCUT2D eigenvalue weighted by Crippen LogP contribution is 2.28. The van der Waals surface area contributed by atoms with Gasteiger partial charge in [-0.25, -0.2) is 4.39 Å². The van der Waals surface area contributed by atoms with E-state index in [9.17, 15) is 4.39 Å². The Morgan fingerprint density at radius 2 is 2.12 bits per heavy atom. The van der Waals surface area contributed by atoms with Gasteiger partial charge in [0, 0.05) is 24.0 Å². The number of nitrogens with zero attached hydrogens (tertiary/aromatic N) is 2. The fourth-order valence-electron chi connectivity index (χ4n) is 1.97. The molecule has 0 saturated carbocycles. The number of rotatable bonds is 1. The smallest absolute Gasteiger partial charge is 0.185 e. The van der Waals surface area contributed by atoms with E-state index in [1.54, 1.807) is 12.1 Å². The van der Waals surface area contributed by atoms with E-state index in [1.165, 1.54) is 12.1 Å². The maximum atomic E-state index is 13.1. The van der Waals surface area contributed by atoms with Crippen molar-refractivity contribution in [2.75, 3.05) is 5.73 Å². The number of aromatic nitrogens is 2. The van der Waals surface area contributed by atoms with Crippen molar-refractivity contribution in [2.45, 2.75) is 0 Å². The Morgan fingerprint density at radius 3 is 2.82 bits per heavy atom. The first-order valence-corrected chi connectivity index (χ1v) is 5.13. The van der Waals surface area contributed by atoms with Gasteiger partial charge in [-0.05, 0) is 24.3 Å². The average molecular weight is 231 g/mol. The van der Waals surface area contributed by atoms with Crippen LogP contribution in [0, 0.1) is 5.82 Å². The molecule has 0 fully saturated rings. The van der Waals surface area contributed by atoms with Crippen LogP contribution in [0.5, 0.6) is 0 Å². The van der Waals surface area contributed by atoms with Gasteiger partial charge in [-0.3, -0.25) is 0 Å². The lowest BCUT2D eigenvalue weighted by Gasteiger charge is -1.99. The highest BCUT2D eigenvalue weighted by atomic mass is 19.1. The van der Waals surface area contributed by atoms with Crippen LogP contribution in [0.25, 0.3) is 22.4 Å². The van der Waals surface area contributed by atoms with Crippen LogP contribution >= 0.6 is 0 Å². The summed E-state index contributed by atoms with van der Waals surface area (Å²) in [5.74, 6) is 0.643. The highest BCUT2D eigenvalue weighted by molar-refractivity contribution is 5.86. The van der Waals surface area contributed by atoms with Crippen LogP contribution in [-0.4, -0.2) is 9.72 Å². The van der Waals surface area contributed by atoms with E-state index in [2.05, 4.69) is 5.16 Å².